The van der Waals surface area contributed by atoms with E-state index >= 15 is 0 Å². The summed E-state index contributed by atoms with van der Waals surface area (Å²) in [7, 11) is 0. The minimum atomic E-state index is -0.0344. The van der Waals surface area contributed by atoms with E-state index in [1.54, 1.807) is 0 Å². The number of ether oxygens (including phenoxy) is 2. The first-order chi connectivity index (χ1) is 15.7. The van der Waals surface area contributed by atoms with Crippen LogP contribution in [0.15, 0.2) is 109 Å². The van der Waals surface area contributed by atoms with Crippen molar-refractivity contribution >= 4 is 0 Å². The lowest BCUT2D eigenvalue weighted by Crippen LogP contribution is -2.27. The van der Waals surface area contributed by atoms with E-state index in [-0.39, 0.29) is 5.41 Å². The maximum Gasteiger partial charge on any atom is 0.127 e. The van der Waals surface area contributed by atoms with Crippen molar-refractivity contribution in [3.8, 4) is 22.6 Å². The molecule has 32 heavy (non-hydrogen) atoms. The molecule has 1 unspecified atom stereocenters. The van der Waals surface area contributed by atoms with Crippen LogP contribution in [0.25, 0.3) is 11.1 Å². The second-order valence-electron chi connectivity index (χ2n) is 8.41. The molecule has 0 aliphatic heterocycles. The molecule has 2 nitrogen and oxygen atoms in total. The topological polar surface area (TPSA) is 18.5 Å². The van der Waals surface area contributed by atoms with Crippen LogP contribution in [0.2, 0.25) is 0 Å². The fourth-order valence-electron chi connectivity index (χ4n) is 3.80. The SMILES string of the molecule is CCC(C)(COCc1cccc(Oc2ccccc2)c1)c1ccc(-c2ccccc2)cc1. The molecule has 0 aromatic heterocycles. The molecule has 0 saturated heterocycles. The second-order valence-corrected chi connectivity index (χ2v) is 8.41. The average Bonchev–Trinajstić information content (AvgIpc) is 2.85. The Balaban J connectivity index is 1.38. The van der Waals surface area contributed by atoms with Gasteiger partial charge in [0.2, 0.25) is 0 Å². The van der Waals surface area contributed by atoms with Crippen LogP contribution in [-0.4, -0.2) is 6.61 Å². The third-order valence-corrected chi connectivity index (χ3v) is 6.04. The maximum atomic E-state index is 6.19. The van der Waals surface area contributed by atoms with E-state index < -0.39 is 0 Å². The van der Waals surface area contributed by atoms with E-state index in [2.05, 4.69) is 68.4 Å². The van der Waals surface area contributed by atoms with Crippen molar-refractivity contribution < 1.29 is 9.47 Å². The summed E-state index contributed by atoms with van der Waals surface area (Å²) in [5.41, 5.74) is 4.86. The van der Waals surface area contributed by atoms with Crippen LogP contribution in [0.4, 0.5) is 0 Å². The summed E-state index contributed by atoms with van der Waals surface area (Å²) in [6.07, 6.45) is 1.01. The molecule has 0 bridgehead atoms. The Labute approximate surface area is 191 Å². The van der Waals surface area contributed by atoms with Gasteiger partial charge in [-0.25, -0.2) is 0 Å². The lowest BCUT2D eigenvalue weighted by molar-refractivity contribution is 0.0747. The lowest BCUT2D eigenvalue weighted by Gasteiger charge is -2.29. The first-order valence-corrected chi connectivity index (χ1v) is 11.2. The molecule has 4 rings (SSSR count). The Morgan fingerprint density at radius 1 is 0.656 bits per heavy atom. The quantitative estimate of drug-likeness (QED) is 0.272. The third-order valence-electron chi connectivity index (χ3n) is 6.04. The molecule has 2 heteroatoms. The molecule has 0 radical (unpaired) electrons. The summed E-state index contributed by atoms with van der Waals surface area (Å²) in [5, 5.41) is 0. The van der Waals surface area contributed by atoms with E-state index in [0.717, 1.165) is 23.5 Å². The van der Waals surface area contributed by atoms with E-state index in [9.17, 15) is 0 Å². The van der Waals surface area contributed by atoms with E-state index in [4.69, 9.17) is 9.47 Å². The van der Waals surface area contributed by atoms with Crippen LogP contribution in [0, 0.1) is 0 Å². The summed E-state index contributed by atoms with van der Waals surface area (Å²) >= 11 is 0. The number of para-hydroxylation sites is 1. The first kappa shape index (κ1) is 21.9. The van der Waals surface area contributed by atoms with Gasteiger partial charge in [0.25, 0.3) is 0 Å². The zero-order chi connectivity index (χ0) is 22.2. The summed E-state index contributed by atoms with van der Waals surface area (Å²) < 4.78 is 12.1. The Bertz CT molecular complexity index is 1100. The van der Waals surface area contributed by atoms with Gasteiger partial charge in [0.05, 0.1) is 13.2 Å². The van der Waals surface area contributed by atoms with Crippen LogP contribution in [0.1, 0.15) is 31.4 Å². The van der Waals surface area contributed by atoms with E-state index in [0.29, 0.717) is 13.2 Å². The van der Waals surface area contributed by atoms with Crippen LogP contribution < -0.4 is 4.74 Å². The standard InChI is InChI=1S/C30H30O2/c1-3-30(2,27-19-17-26(18-20-27)25-12-6-4-7-13-25)23-31-22-24-11-10-16-29(21-24)32-28-14-8-5-9-15-28/h4-21H,3,22-23H2,1-2H3. The number of hydrogen-bond acceptors (Lipinski definition) is 2. The van der Waals surface area contributed by atoms with Crippen molar-refractivity contribution in [2.45, 2.75) is 32.3 Å². The van der Waals surface area contributed by atoms with Gasteiger partial charge in [-0.1, -0.05) is 98.8 Å². The minimum absolute atomic E-state index is 0.0344. The molecule has 4 aromatic rings. The Morgan fingerprint density at radius 3 is 1.97 bits per heavy atom. The highest BCUT2D eigenvalue weighted by molar-refractivity contribution is 5.63. The van der Waals surface area contributed by atoms with Gasteiger partial charge in [-0.15, -0.1) is 0 Å². The van der Waals surface area contributed by atoms with Crippen LogP contribution in [0.3, 0.4) is 0 Å². The monoisotopic (exact) mass is 422 g/mol. The van der Waals surface area contributed by atoms with Gasteiger partial charge in [0.15, 0.2) is 0 Å². The fraction of sp³-hybridized carbons (Fsp3) is 0.200. The van der Waals surface area contributed by atoms with Crippen molar-refractivity contribution in [3.05, 3.63) is 120 Å². The average molecular weight is 423 g/mol. The van der Waals surface area contributed by atoms with Crippen LogP contribution in [-0.2, 0) is 16.8 Å². The van der Waals surface area contributed by atoms with E-state index in [1.807, 2.05) is 54.6 Å². The van der Waals surface area contributed by atoms with Gasteiger partial charge in [0.1, 0.15) is 11.5 Å². The smallest absolute Gasteiger partial charge is 0.127 e. The summed E-state index contributed by atoms with van der Waals surface area (Å²) in [6.45, 7) is 5.73. The largest absolute Gasteiger partial charge is 0.457 e. The van der Waals surface area contributed by atoms with Crippen LogP contribution >= 0.6 is 0 Å². The summed E-state index contributed by atoms with van der Waals surface area (Å²) in [6, 6.07) is 37.3. The Morgan fingerprint density at radius 2 is 1.28 bits per heavy atom. The van der Waals surface area contributed by atoms with Crippen molar-refractivity contribution in [2.24, 2.45) is 0 Å². The minimum Gasteiger partial charge on any atom is -0.457 e. The summed E-state index contributed by atoms with van der Waals surface area (Å²) in [5.74, 6) is 1.66. The Hall–Kier alpha value is -3.36. The molecule has 0 aliphatic rings. The normalized spacial score (nSPS) is 12.8. The second kappa shape index (κ2) is 10.3. The molecule has 0 spiro atoms. The van der Waals surface area contributed by atoms with Crippen molar-refractivity contribution in [1.82, 2.24) is 0 Å². The molecule has 0 saturated carbocycles. The maximum absolute atomic E-state index is 6.19. The van der Waals surface area contributed by atoms with Gasteiger partial charge in [-0.2, -0.15) is 0 Å². The highest BCUT2D eigenvalue weighted by Gasteiger charge is 2.25. The number of benzene rings is 4. The van der Waals surface area contributed by atoms with Gasteiger partial charge < -0.3 is 9.47 Å². The highest BCUT2D eigenvalue weighted by atomic mass is 16.5. The van der Waals surface area contributed by atoms with Gasteiger partial charge in [-0.05, 0) is 52.9 Å². The molecule has 162 valence electrons. The molecular weight excluding hydrogens is 392 g/mol. The molecule has 0 fully saturated rings. The van der Waals surface area contributed by atoms with E-state index in [1.165, 1.54) is 16.7 Å². The molecule has 4 aromatic carbocycles. The zero-order valence-corrected chi connectivity index (χ0v) is 18.8. The van der Waals surface area contributed by atoms with Gasteiger partial charge in [0, 0.05) is 5.41 Å². The van der Waals surface area contributed by atoms with Crippen molar-refractivity contribution in [3.63, 3.8) is 0 Å². The fourth-order valence-corrected chi connectivity index (χ4v) is 3.80. The number of hydrogen-bond donors (Lipinski definition) is 0. The zero-order valence-electron chi connectivity index (χ0n) is 18.8. The first-order valence-electron chi connectivity index (χ1n) is 11.2. The van der Waals surface area contributed by atoms with Gasteiger partial charge >= 0.3 is 0 Å². The number of rotatable bonds is 9. The Kier molecular flexibility index (Phi) is 7.03. The van der Waals surface area contributed by atoms with Crippen LogP contribution in [0.5, 0.6) is 11.5 Å². The predicted molar refractivity (Wildman–Crippen MR) is 132 cm³/mol. The predicted octanol–water partition coefficient (Wildman–Crippen LogP) is 8.03. The lowest BCUT2D eigenvalue weighted by atomic mass is 9.80. The molecule has 0 heterocycles. The molecular formula is C30H30O2. The van der Waals surface area contributed by atoms with Gasteiger partial charge in [-0.3, -0.25) is 0 Å². The highest BCUT2D eigenvalue weighted by Crippen LogP contribution is 2.31. The molecule has 0 aliphatic carbocycles. The molecule has 0 N–H and O–H groups in total. The summed E-state index contributed by atoms with van der Waals surface area (Å²) in [4.78, 5) is 0. The molecule has 1 atom stereocenters. The third kappa shape index (κ3) is 5.46. The molecule has 0 amide bonds. The van der Waals surface area contributed by atoms with Crippen molar-refractivity contribution in [2.75, 3.05) is 6.61 Å². The van der Waals surface area contributed by atoms with Crippen molar-refractivity contribution in [1.29, 1.82) is 0 Å².